The standard InChI is InChI=1S/C8H12O2S/c1-3-4-8-7(2)5-6-11(8,9)10/h3-4H,5-6H2,1-2H3/b4-3+. The van der Waals surface area contributed by atoms with Crippen LogP contribution in [0.3, 0.4) is 0 Å². The SMILES string of the molecule is C/C=C/C1=C(C)CCS1(=O)=O. The molecule has 0 aromatic rings. The van der Waals surface area contributed by atoms with Crippen LogP contribution in [0.1, 0.15) is 20.3 Å². The zero-order valence-electron chi connectivity index (χ0n) is 6.79. The second-order valence-corrected chi connectivity index (χ2v) is 4.79. The minimum atomic E-state index is -2.91. The van der Waals surface area contributed by atoms with Gasteiger partial charge in [0.1, 0.15) is 0 Å². The van der Waals surface area contributed by atoms with E-state index in [4.69, 9.17) is 0 Å². The van der Waals surface area contributed by atoms with Gasteiger partial charge in [0.15, 0.2) is 9.84 Å². The van der Waals surface area contributed by atoms with Crippen LogP contribution in [0.5, 0.6) is 0 Å². The highest BCUT2D eigenvalue weighted by atomic mass is 32.2. The summed E-state index contributed by atoms with van der Waals surface area (Å²) in [6, 6.07) is 0. The van der Waals surface area contributed by atoms with Crippen LogP contribution in [0.4, 0.5) is 0 Å². The van der Waals surface area contributed by atoms with E-state index in [1.54, 1.807) is 12.2 Å². The van der Waals surface area contributed by atoms with Gasteiger partial charge < -0.3 is 0 Å². The van der Waals surface area contributed by atoms with Crippen molar-refractivity contribution in [3.63, 3.8) is 0 Å². The minimum Gasteiger partial charge on any atom is -0.224 e. The van der Waals surface area contributed by atoms with Crippen LogP contribution < -0.4 is 0 Å². The third kappa shape index (κ3) is 1.53. The summed E-state index contributed by atoms with van der Waals surface area (Å²) in [7, 11) is -2.91. The Morgan fingerprint density at radius 1 is 1.45 bits per heavy atom. The van der Waals surface area contributed by atoms with Gasteiger partial charge in [0.25, 0.3) is 0 Å². The van der Waals surface area contributed by atoms with Crippen molar-refractivity contribution in [1.29, 1.82) is 0 Å². The summed E-state index contributed by atoms with van der Waals surface area (Å²) >= 11 is 0. The molecule has 0 spiro atoms. The van der Waals surface area contributed by atoms with Gasteiger partial charge in [0, 0.05) is 0 Å². The Kier molecular flexibility index (Phi) is 2.18. The van der Waals surface area contributed by atoms with Crippen molar-refractivity contribution < 1.29 is 8.42 Å². The van der Waals surface area contributed by atoms with Gasteiger partial charge in [0.05, 0.1) is 10.7 Å². The van der Waals surface area contributed by atoms with Crippen LogP contribution in [0.25, 0.3) is 0 Å². The summed E-state index contributed by atoms with van der Waals surface area (Å²) in [4.78, 5) is 0.528. The monoisotopic (exact) mass is 172 g/mol. The van der Waals surface area contributed by atoms with Gasteiger partial charge in [0.2, 0.25) is 0 Å². The minimum absolute atomic E-state index is 0.290. The van der Waals surface area contributed by atoms with Crippen LogP contribution in [0.2, 0.25) is 0 Å². The molecule has 0 aromatic carbocycles. The Labute approximate surface area is 67.5 Å². The Morgan fingerprint density at radius 2 is 2.09 bits per heavy atom. The zero-order chi connectivity index (χ0) is 8.48. The van der Waals surface area contributed by atoms with Crippen LogP contribution in [-0.4, -0.2) is 14.2 Å². The van der Waals surface area contributed by atoms with Gasteiger partial charge in [-0.2, -0.15) is 0 Å². The van der Waals surface area contributed by atoms with Crippen molar-refractivity contribution in [3.8, 4) is 0 Å². The lowest BCUT2D eigenvalue weighted by atomic mass is 10.2. The van der Waals surface area contributed by atoms with Crippen molar-refractivity contribution in [2.45, 2.75) is 20.3 Å². The van der Waals surface area contributed by atoms with E-state index in [9.17, 15) is 8.42 Å². The molecule has 62 valence electrons. The molecule has 0 saturated heterocycles. The van der Waals surface area contributed by atoms with E-state index < -0.39 is 9.84 Å². The van der Waals surface area contributed by atoms with Crippen molar-refractivity contribution in [2.75, 3.05) is 5.75 Å². The molecule has 0 radical (unpaired) electrons. The second-order valence-electron chi connectivity index (χ2n) is 2.71. The first-order valence-electron chi connectivity index (χ1n) is 3.63. The molecular weight excluding hydrogens is 160 g/mol. The highest BCUT2D eigenvalue weighted by molar-refractivity contribution is 7.95. The molecule has 0 atom stereocenters. The maximum atomic E-state index is 11.3. The third-order valence-electron chi connectivity index (χ3n) is 1.82. The summed E-state index contributed by atoms with van der Waals surface area (Å²) in [5.41, 5.74) is 0.989. The van der Waals surface area contributed by atoms with Crippen LogP contribution in [0.15, 0.2) is 22.6 Å². The molecule has 0 aliphatic carbocycles. The Bertz CT molecular complexity index is 307. The van der Waals surface area contributed by atoms with E-state index in [1.165, 1.54) is 0 Å². The number of allylic oxidation sites excluding steroid dienone is 3. The average molecular weight is 172 g/mol. The van der Waals surface area contributed by atoms with E-state index in [2.05, 4.69) is 0 Å². The molecule has 1 aliphatic rings. The molecule has 0 N–H and O–H groups in total. The topological polar surface area (TPSA) is 34.1 Å². The first-order valence-corrected chi connectivity index (χ1v) is 5.28. The molecule has 11 heavy (non-hydrogen) atoms. The van der Waals surface area contributed by atoms with E-state index in [0.29, 0.717) is 17.1 Å². The first kappa shape index (κ1) is 8.53. The molecule has 0 bridgehead atoms. The molecule has 2 nitrogen and oxygen atoms in total. The van der Waals surface area contributed by atoms with Crippen LogP contribution >= 0.6 is 0 Å². The predicted octanol–water partition coefficient (Wildman–Crippen LogP) is 1.66. The summed E-state index contributed by atoms with van der Waals surface area (Å²) in [6.07, 6.45) is 4.14. The molecule has 0 aromatic heterocycles. The summed E-state index contributed by atoms with van der Waals surface area (Å²) in [5, 5.41) is 0. The maximum absolute atomic E-state index is 11.3. The van der Waals surface area contributed by atoms with Crippen molar-refractivity contribution in [2.24, 2.45) is 0 Å². The smallest absolute Gasteiger partial charge is 0.178 e. The first-order chi connectivity index (χ1) is 5.08. The number of hydrogen-bond donors (Lipinski definition) is 0. The Balaban J connectivity index is 3.15. The van der Waals surface area contributed by atoms with Gasteiger partial charge in [-0.25, -0.2) is 8.42 Å². The van der Waals surface area contributed by atoms with E-state index >= 15 is 0 Å². The zero-order valence-corrected chi connectivity index (χ0v) is 7.61. The predicted molar refractivity (Wildman–Crippen MR) is 45.9 cm³/mol. The fraction of sp³-hybridized carbons (Fsp3) is 0.500. The highest BCUT2D eigenvalue weighted by Crippen LogP contribution is 2.25. The lowest BCUT2D eigenvalue weighted by Gasteiger charge is -1.94. The summed E-state index contributed by atoms with van der Waals surface area (Å²) in [6.45, 7) is 3.70. The van der Waals surface area contributed by atoms with Crippen molar-refractivity contribution >= 4 is 9.84 Å². The molecule has 0 amide bonds. The van der Waals surface area contributed by atoms with Crippen molar-refractivity contribution in [3.05, 3.63) is 22.6 Å². The lowest BCUT2D eigenvalue weighted by Crippen LogP contribution is -1.99. The Morgan fingerprint density at radius 3 is 2.45 bits per heavy atom. The molecule has 0 fully saturated rings. The highest BCUT2D eigenvalue weighted by Gasteiger charge is 2.24. The molecule has 1 aliphatic heterocycles. The van der Waals surface area contributed by atoms with E-state index in [1.807, 2.05) is 13.8 Å². The van der Waals surface area contributed by atoms with E-state index in [-0.39, 0.29) is 0 Å². The normalized spacial score (nSPS) is 23.5. The number of rotatable bonds is 1. The molecule has 0 unspecified atom stereocenters. The number of sulfone groups is 1. The fourth-order valence-electron chi connectivity index (χ4n) is 1.18. The molecular formula is C8H12O2S. The molecule has 0 saturated carbocycles. The third-order valence-corrected chi connectivity index (χ3v) is 3.72. The van der Waals surface area contributed by atoms with Gasteiger partial charge in [-0.1, -0.05) is 11.6 Å². The van der Waals surface area contributed by atoms with Crippen LogP contribution in [0, 0.1) is 0 Å². The van der Waals surface area contributed by atoms with Gasteiger partial charge >= 0.3 is 0 Å². The largest absolute Gasteiger partial charge is 0.224 e. The van der Waals surface area contributed by atoms with Crippen LogP contribution in [-0.2, 0) is 9.84 Å². The number of hydrogen-bond acceptors (Lipinski definition) is 2. The van der Waals surface area contributed by atoms with E-state index in [0.717, 1.165) is 5.57 Å². The second kappa shape index (κ2) is 2.81. The van der Waals surface area contributed by atoms with Crippen molar-refractivity contribution in [1.82, 2.24) is 0 Å². The average Bonchev–Trinajstić information content (AvgIpc) is 2.16. The van der Waals surface area contributed by atoms with Gasteiger partial charge in [-0.05, 0) is 26.3 Å². The summed E-state index contributed by atoms with van der Waals surface area (Å²) < 4.78 is 22.5. The Hall–Kier alpha value is -0.570. The molecule has 1 rings (SSSR count). The molecule has 1 heterocycles. The van der Waals surface area contributed by atoms with Gasteiger partial charge in [-0.3, -0.25) is 0 Å². The summed E-state index contributed by atoms with van der Waals surface area (Å²) in [5.74, 6) is 0.290. The quantitative estimate of drug-likeness (QED) is 0.602. The lowest BCUT2D eigenvalue weighted by molar-refractivity contribution is 0.605. The molecule has 3 heteroatoms. The maximum Gasteiger partial charge on any atom is 0.178 e. The fourth-order valence-corrected chi connectivity index (χ4v) is 2.95. The van der Waals surface area contributed by atoms with Gasteiger partial charge in [-0.15, -0.1) is 0 Å².